The summed E-state index contributed by atoms with van der Waals surface area (Å²) < 4.78 is 39.6. The van der Waals surface area contributed by atoms with Gasteiger partial charge in [-0.3, -0.25) is 0 Å². The van der Waals surface area contributed by atoms with Gasteiger partial charge in [-0.1, -0.05) is 29.8 Å². The van der Waals surface area contributed by atoms with Gasteiger partial charge in [0.1, 0.15) is 0 Å². The molecule has 0 spiro atoms. The summed E-state index contributed by atoms with van der Waals surface area (Å²) in [6.07, 6.45) is -2.31. The summed E-state index contributed by atoms with van der Waals surface area (Å²) >= 11 is 5.73. The van der Waals surface area contributed by atoms with Crippen LogP contribution in [0.4, 0.5) is 13.2 Å². The Bertz CT molecular complexity index is 868. The molecule has 0 aliphatic heterocycles. The van der Waals surface area contributed by atoms with E-state index in [1.165, 1.54) is 12.1 Å². The minimum atomic E-state index is -4.42. The molecule has 1 aromatic heterocycles. The molecule has 3 rings (SSSR count). The van der Waals surface area contributed by atoms with Crippen LogP contribution in [-0.2, 0) is 19.1 Å². The summed E-state index contributed by atoms with van der Waals surface area (Å²) in [5.41, 5.74) is 2.39. The van der Waals surface area contributed by atoms with E-state index in [0.29, 0.717) is 0 Å². The number of hydrogen-bond donors (Lipinski definition) is 2. The van der Waals surface area contributed by atoms with E-state index < -0.39 is 11.7 Å². The molecular formula is C18H16ClF3N2. The molecule has 2 aromatic carbocycles. The molecule has 2 N–H and O–H groups in total. The molecule has 2 nitrogen and oxygen atoms in total. The fourth-order valence-electron chi connectivity index (χ4n) is 2.87. The van der Waals surface area contributed by atoms with Gasteiger partial charge < -0.3 is 10.3 Å². The Hall–Kier alpha value is -1.98. The first kappa shape index (κ1) is 16.9. The molecule has 0 amide bonds. The molecule has 126 valence electrons. The molecule has 0 fully saturated rings. The second-order valence-corrected chi connectivity index (χ2v) is 6.14. The molecule has 0 bridgehead atoms. The highest BCUT2D eigenvalue weighted by Crippen LogP contribution is 2.35. The molecule has 1 heterocycles. The van der Waals surface area contributed by atoms with Gasteiger partial charge in [0, 0.05) is 28.7 Å². The number of hydrogen-bond acceptors (Lipinski definition) is 1. The van der Waals surface area contributed by atoms with Crippen LogP contribution in [0.1, 0.15) is 22.3 Å². The number of nitrogens with one attached hydrogen (secondary N) is 2. The Morgan fingerprint density at radius 1 is 1.08 bits per heavy atom. The first-order valence-electron chi connectivity index (χ1n) is 7.47. The van der Waals surface area contributed by atoms with Crippen molar-refractivity contribution in [2.24, 2.45) is 0 Å². The monoisotopic (exact) mass is 352 g/mol. The van der Waals surface area contributed by atoms with E-state index in [-0.39, 0.29) is 17.0 Å². The molecule has 0 aliphatic rings. The Kier molecular flexibility index (Phi) is 4.56. The van der Waals surface area contributed by atoms with E-state index in [1.54, 1.807) is 0 Å². The topological polar surface area (TPSA) is 27.8 Å². The van der Waals surface area contributed by atoms with E-state index >= 15 is 0 Å². The maximum absolute atomic E-state index is 13.2. The van der Waals surface area contributed by atoms with E-state index in [9.17, 15) is 13.2 Å². The number of rotatable bonds is 4. The lowest BCUT2D eigenvalue weighted by molar-refractivity contribution is -0.138. The van der Waals surface area contributed by atoms with Gasteiger partial charge in [0.15, 0.2) is 0 Å². The number of alkyl halides is 3. The fourth-order valence-corrected chi connectivity index (χ4v) is 3.04. The number of aromatic amines is 1. The first-order chi connectivity index (χ1) is 11.4. The highest BCUT2D eigenvalue weighted by Gasteiger charge is 2.33. The largest absolute Gasteiger partial charge is 0.416 e. The van der Waals surface area contributed by atoms with Crippen LogP contribution in [0.5, 0.6) is 0 Å². The van der Waals surface area contributed by atoms with E-state index in [2.05, 4.69) is 10.3 Å². The van der Waals surface area contributed by atoms with Crippen LogP contribution in [0.15, 0.2) is 42.6 Å². The molecule has 24 heavy (non-hydrogen) atoms. The molecule has 0 radical (unpaired) electrons. The maximum atomic E-state index is 13.2. The van der Waals surface area contributed by atoms with Gasteiger partial charge in [-0.25, -0.2) is 0 Å². The number of H-pyrrole nitrogens is 1. The van der Waals surface area contributed by atoms with Crippen LogP contribution in [0.25, 0.3) is 10.9 Å². The van der Waals surface area contributed by atoms with Crippen molar-refractivity contribution >= 4 is 22.5 Å². The first-order valence-corrected chi connectivity index (χ1v) is 7.85. The van der Waals surface area contributed by atoms with Crippen LogP contribution in [0.3, 0.4) is 0 Å². The quantitative estimate of drug-likeness (QED) is 0.667. The minimum absolute atomic E-state index is 0.0857. The van der Waals surface area contributed by atoms with Gasteiger partial charge in [0.25, 0.3) is 0 Å². The minimum Gasteiger partial charge on any atom is -0.361 e. The van der Waals surface area contributed by atoms with E-state index in [4.69, 9.17) is 11.6 Å². The Morgan fingerprint density at radius 3 is 2.58 bits per heavy atom. The summed E-state index contributed by atoms with van der Waals surface area (Å²) in [4.78, 5) is 3.17. The molecule has 6 heteroatoms. The zero-order chi connectivity index (χ0) is 17.3. The van der Waals surface area contributed by atoms with Crippen molar-refractivity contribution in [3.8, 4) is 0 Å². The van der Waals surface area contributed by atoms with Crippen molar-refractivity contribution in [3.63, 3.8) is 0 Å². The van der Waals surface area contributed by atoms with Crippen LogP contribution in [0, 0.1) is 0 Å². The molecule has 0 atom stereocenters. The second-order valence-electron chi connectivity index (χ2n) is 5.70. The maximum Gasteiger partial charge on any atom is 0.416 e. The van der Waals surface area contributed by atoms with E-state index in [0.717, 1.165) is 34.6 Å². The lowest BCUT2D eigenvalue weighted by Gasteiger charge is -2.13. The lowest BCUT2D eigenvalue weighted by Crippen LogP contribution is -2.09. The number of benzene rings is 2. The van der Waals surface area contributed by atoms with Crippen LogP contribution in [-0.4, -0.2) is 12.0 Å². The Balaban J connectivity index is 1.96. The molecule has 3 aromatic rings. The van der Waals surface area contributed by atoms with Gasteiger partial charge in [0.2, 0.25) is 0 Å². The van der Waals surface area contributed by atoms with Gasteiger partial charge >= 0.3 is 6.18 Å². The average molecular weight is 353 g/mol. The molecular weight excluding hydrogens is 337 g/mol. The molecule has 0 aliphatic carbocycles. The van der Waals surface area contributed by atoms with Crippen LogP contribution < -0.4 is 5.32 Å². The average Bonchev–Trinajstić information content (AvgIpc) is 2.91. The predicted octanol–water partition coefficient (Wildman–Crippen LogP) is 5.15. The Morgan fingerprint density at radius 2 is 1.88 bits per heavy atom. The van der Waals surface area contributed by atoms with Crippen molar-refractivity contribution < 1.29 is 13.2 Å². The summed E-state index contributed by atoms with van der Waals surface area (Å²) in [5.74, 6) is 0. The zero-order valence-electron chi connectivity index (χ0n) is 13.0. The van der Waals surface area contributed by atoms with Crippen molar-refractivity contribution in [2.75, 3.05) is 7.05 Å². The fraction of sp³-hybridized carbons (Fsp3) is 0.222. The van der Waals surface area contributed by atoms with Crippen molar-refractivity contribution in [1.29, 1.82) is 0 Å². The molecule has 0 saturated carbocycles. The smallest absolute Gasteiger partial charge is 0.361 e. The van der Waals surface area contributed by atoms with Crippen LogP contribution >= 0.6 is 11.6 Å². The third-order valence-corrected chi connectivity index (χ3v) is 4.21. The standard InChI is InChI=1S/C18H16ClF3N2/c1-23-9-13-10-24-17-7-11(2-5-15(13)17)6-12-3-4-14(19)8-16(12)18(20,21)22/h2-5,7-8,10,23-24H,6,9H2,1H3. The second kappa shape index (κ2) is 6.49. The van der Waals surface area contributed by atoms with Crippen molar-refractivity contribution in [3.05, 3.63) is 69.9 Å². The number of halogens is 4. The van der Waals surface area contributed by atoms with Gasteiger partial charge in [-0.2, -0.15) is 13.2 Å². The van der Waals surface area contributed by atoms with Crippen molar-refractivity contribution in [1.82, 2.24) is 10.3 Å². The van der Waals surface area contributed by atoms with Gasteiger partial charge in [-0.05, 0) is 48.4 Å². The highest BCUT2D eigenvalue weighted by atomic mass is 35.5. The highest BCUT2D eigenvalue weighted by molar-refractivity contribution is 6.30. The summed E-state index contributed by atoms with van der Waals surface area (Å²) in [6, 6.07) is 9.61. The summed E-state index contributed by atoms with van der Waals surface area (Å²) in [5, 5.41) is 4.24. The Labute approximate surface area is 142 Å². The number of aromatic nitrogens is 1. The van der Waals surface area contributed by atoms with Crippen molar-refractivity contribution in [2.45, 2.75) is 19.1 Å². The molecule has 0 saturated heterocycles. The SMILES string of the molecule is CNCc1c[nH]c2cc(Cc3ccc(Cl)cc3C(F)(F)F)ccc12. The predicted molar refractivity (Wildman–Crippen MR) is 90.3 cm³/mol. The van der Waals surface area contributed by atoms with E-state index in [1.807, 2.05) is 31.4 Å². The summed E-state index contributed by atoms with van der Waals surface area (Å²) in [7, 11) is 1.87. The lowest BCUT2D eigenvalue weighted by atomic mass is 9.98. The van der Waals surface area contributed by atoms with Gasteiger partial charge in [-0.15, -0.1) is 0 Å². The third-order valence-electron chi connectivity index (χ3n) is 3.97. The summed E-state index contributed by atoms with van der Waals surface area (Å²) in [6.45, 7) is 0.731. The van der Waals surface area contributed by atoms with Gasteiger partial charge in [0.05, 0.1) is 5.56 Å². The molecule has 0 unspecified atom stereocenters. The number of fused-ring (bicyclic) bond motifs is 1. The van der Waals surface area contributed by atoms with Crippen LogP contribution in [0.2, 0.25) is 5.02 Å². The third kappa shape index (κ3) is 3.42. The normalized spacial score (nSPS) is 12.0. The zero-order valence-corrected chi connectivity index (χ0v) is 13.7.